The zero-order chi connectivity index (χ0) is 13.5. The Hall–Kier alpha value is -0.640. The van der Waals surface area contributed by atoms with Crippen LogP contribution in [-0.2, 0) is 0 Å². The van der Waals surface area contributed by atoms with Crippen molar-refractivity contribution in [2.45, 2.75) is 52.5 Å². The molecule has 1 unspecified atom stereocenters. The summed E-state index contributed by atoms with van der Waals surface area (Å²) in [6.45, 7) is 9.01. The van der Waals surface area contributed by atoms with Crippen molar-refractivity contribution in [1.82, 2.24) is 9.97 Å². The summed E-state index contributed by atoms with van der Waals surface area (Å²) in [5, 5.41) is 0. The van der Waals surface area contributed by atoms with Crippen LogP contribution >= 0.6 is 15.9 Å². The van der Waals surface area contributed by atoms with Crippen LogP contribution in [0, 0.1) is 5.41 Å². The first-order chi connectivity index (χ1) is 8.29. The van der Waals surface area contributed by atoms with E-state index in [1.165, 1.54) is 12.8 Å². The predicted molar refractivity (Wildman–Crippen MR) is 79.0 cm³/mol. The molecule has 0 radical (unpaired) electrons. The van der Waals surface area contributed by atoms with Gasteiger partial charge in [0.25, 0.3) is 0 Å². The molecule has 1 atom stereocenters. The summed E-state index contributed by atoms with van der Waals surface area (Å²) in [5.74, 6) is 2.59. The zero-order valence-corrected chi connectivity index (χ0v) is 13.5. The molecule has 0 N–H and O–H groups in total. The lowest BCUT2D eigenvalue weighted by atomic mass is 9.87. The molecule has 3 nitrogen and oxygen atoms in total. The molecule has 1 aromatic heterocycles. The third-order valence-corrected chi connectivity index (χ3v) is 4.24. The SMILES string of the molecule is CC(N(C)c1cc(Br)nc(C2CC2)n1)C(C)(C)C. The molecule has 1 aliphatic carbocycles. The van der Waals surface area contributed by atoms with Crippen molar-refractivity contribution in [2.24, 2.45) is 5.41 Å². The Morgan fingerprint density at radius 2 is 1.94 bits per heavy atom. The Morgan fingerprint density at radius 1 is 1.33 bits per heavy atom. The van der Waals surface area contributed by atoms with Gasteiger partial charge < -0.3 is 4.90 Å². The van der Waals surface area contributed by atoms with Gasteiger partial charge in [0.1, 0.15) is 16.2 Å². The van der Waals surface area contributed by atoms with Gasteiger partial charge in [0.05, 0.1) is 0 Å². The fourth-order valence-corrected chi connectivity index (χ4v) is 2.29. The highest BCUT2D eigenvalue weighted by Gasteiger charge is 2.29. The molecule has 1 aromatic rings. The van der Waals surface area contributed by atoms with Crippen LogP contribution < -0.4 is 4.90 Å². The Balaban J connectivity index is 2.26. The van der Waals surface area contributed by atoms with Crippen molar-refractivity contribution in [3.63, 3.8) is 0 Å². The molecule has 100 valence electrons. The Kier molecular flexibility index (Phi) is 3.67. The first kappa shape index (κ1) is 13.8. The largest absolute Gasteiger partial charge is 0.356 e. The number of nitrogens with zero attached hydrogens (tertiary/aromatic N) is 3. The molecular formula is C14H22BrN3. The van der Waals surface area contributed by atoms with Crippen LogP contribution in [-0.4, -0.2) is 23.1 Å². The molecule has 1 saturated carbocycles. The molecule has 0 spiro atoms. The molecule has 1 heterocycles. The van der Waals surface area contributed by atoms with E-state index in [0.717, 1.165) is 16.2 Å². The molecule has 0 aromatic carbocycles. The third-order valence-electron chi connectivity index (χ3n) is 3.84. The van der Waals surface area contributed by atoms with E-state index < -0.39 is 0 Å². The van der Waals surface area contributed by atoms with Crippen LogP contribution in [0.2, 0.25) is 0 Å². The van der Waals surface area contributed by atoms with Crippen LogP contribution in [0.4, 0.5) is 5.82 Å². The quantitative estimate of drug-likeness (QED) is 0.790. The first-order valence-corrected chi connectivity index (χ1v) is 7.35. The summed E-state index contributed by atoms with van der Waals surface area (Å²) in [6.07, 6.45) is 2.46. The summed E-state index contributed by atoms with van der Waals surface area (Å²) in [6, 6.07) is 2.43. The van der Waals surface area contributed by atoms with Gasteiger partial charge in [-0.15, -0.1) is 0 Å². The maximum Gasteiger partial charge on any atom is 0.135 e. The van der Waals surface area contributed by atoms with Gasteiger partial charge in [0.15, 0.2) is 0 Å². The average Bonchev–Trinajstić information content (AvgIpc) is 3.08. The third kappa shape index (κ3) is 3.02. The van der Waals surface area contributed by atoms with Gasteiger partial charge in [-0.1, -0.05) is 20.8 Å². The van der Waals surface area contributed by atoms with E-state index in [1.54, 1.807) is 0 Å². The van der Waals surface area contributed by atoms with E-state index >= 15 is 0 Å². The molecular weight excluding hydrogens is 290 g/mol. The van der Waals surface area contributed by atoms with E-state index in [1.807, 2.05) is 6.07 Å². The van der Waals surface area contributed by atoms with Gasteiger partial charge in [-0.3, -0.25) is 0 Å². The number of anilines is 1. The first-order valence-electron chi connectivity index (χ1n) is 6.56. The smallest absolute Gasteiger partial charge is 0.135 e. The van der Waals surface area contributed by atoms with Crippen molar-refractivity contribution in [3.8, 4) is 0 Å². The Labute approximate surface area is 118 Å². The minimum absolute atomic E-state index is 0.228. The van der Waals surface area contributed by atoms with Gasteiger partial charge in [0, 0.05) is 25.1 Å². The number of hydrogen-bond donors (Lipinski definition) is 0. The van der Waals surface area contributed by atoms with Gasteiger partial charge in [-0.2, -0.15) is 0 Å². The number of rotatable bonds is 3. The van der Waals surface area contributed by atoms with Crippen LogP contribution in [0.3, 0.4) is 0 Å². The van der Waals surface area contributed by atoms with Gasteiger partial charge >= 0.3 is 0 Å². The van der Waals surface area contributed by atoms with E-state index in [4.69, 9.17) is 4.98 Å². The highest BCUT2D eigenvalue weighted by molar-refractivity contribution is 9.10. The highest BCUT2D eigenvalue weighted by atomic mass is 79.9. The second kappa shape index (κ2) is 4.80. The van der Waals surface area contributed by atoms with Crippen molar-refractivity contribution >= 4 is 21.7 Å². The predicted octanol–water partition coefficient (Wildman–Crippen LogP) is 3.99. The molecule has 0 bridgehead atoms. The summed E-state index contributed by atoms with van der Waals surface area (Å²) < 4.78 is 0.891. The topological polar surface area (TPSA) is 29.0 Å². The fraction of sp³-hybridized carbons (Fsp3) is 0.714. The average molecular weight is 312 g/mol. The lowest BCUT2D eigenvalue weighted by Gasteiger charge is -2.36. The maximum atomic E-state index is 4.71. The second-order valence-corrected chi connectivity index (χ2v) is 7.15. The lowest BCUT2D eigenvalue weighted by Crippen LogP contribution is -2.40. The summed E-state index contributed by atoms with van der Waals surface area (Å²) in [5.41, 5.74) is 0.228. The van der Waals surface area contributed by atoms with Crippen molar-refractivity contribution in [1.29, 1.82) is 0 Å². The molecule has 1 fully saturated rings. The summed E-state index contributed by atoms with van der Waals surface area (Å²) >= 11 is 3.50. The number of hydrogen-bond acceptors (Lipinski definition) is 3. The van der Waals surface area contributed by atoms with Crippen molar-refractivity contribution < 1.29 is 0 Å². The van der Waals surface area contributed by atoms with Crippen molar-refractivity contribution in [2.75, 3.05) is 11.9 Å². The maximum absolute atomic E-state index is 4.71. The second-order valence-electron chi connectivity index (χ2n) is 6.33. The van der Waals surface area contributed by atoms with Crippen LogP contribution in [0.1, 0.15) is 52.3 Å². The standard InChI is InChI=1S/C14H22BrN3/c1-9(14(2,3)4)18(5)12-8-11(15)16-13(17-12)10-6-7-10/h8-10H,6-7H2,1-5H3. The molecule has 4 heteroatoms. The molecule has 0 amide bonds. The molecule has 18 heavy (non-hydrogen) atoms. The normalized spacial score (nSPS) is 17.7. The molecule has 0 aliphatic heterocycles. The van der Waals surface area contributed by atoms with E-state index in [-0.39, 0.29) is 5.41 Å². The van der Waals surface area contributed by atoms with Crippen LogP contribution in [0.25, 0.3) is 0 Å². The van der Waals surface area contributed by atoms with Gasteiger partial charge in [-0.05, 0) is 41.1 Å². The Bertz CT molecular complexity index is 435. The molecule has 0 saturated heterocycles. The fourth-order valence-electron chi connectivity index (χ4n) is 1.91. The zero-order valence-electron chi connectivity index (χ0n) is 11.9. The highest BCUT2D eigenvalue weighted by Crippen LogP contribution is 2.39. The van der Waals surface area contributed by atoms with E-state index in [2.05, 4.69) is 60.6 Å². The van der Waals surface area contributed by atoms with Crippen LogP contribution in [0.5, 0.6) is 0 Å². The number of halogens is 1. The number of aromatic nitrogens is 2. The lowest BCUT2D eigenvalue weighted by molar-refractivity contribution is 0.328. The Morgan fingerprint density at radius 3 is 2.44 bits per heavy atom. The molecule has 2 rings (SSSR count). The molecule has 1 aliphatic rings. The van der Waals surface area contributed by atoms with Gasteiger partial charge in [-0.25, -0.2) is 9.97 Å². The summed E-state index contributed by atoms with van der Waals surface area (Å²) in [7, 11) is 2.11. The van der Waals surface area contributed by atoms with Crippen LogP contribution in [0.15, 0.2) is 10.7 Å². The van der Waals surface area contributed by atoms with Gasteiger partial charge in [0.2, 0.25) is 0 Å². The summed E-state index contributed by atoms with van der Waals surface area (Å²) in [4.78, 5) is 11.4. The van der Waals surface area contributed by atoms with Crippen molar-refractivity contribution in [3.05, 3.63) is 16.5 Å². The van der Waals surface area contributed by atoms with E-state index in [0.29, 0.717) is 12.0 Å². The van der Waals surface area contributed by atoms with E-state index in [9.17, 15) is 0 Å². The monoisotopic (exact) mass is 311 g/mol. The minimum Gasteiger partial charge on any atom is -0.356 e. The minimum atomic E-state index is 0.228.